The Balaban J connectivity index is 1.63. The van der Waals surface area contributed by atoms with E-state index < -0.39 is 5.25 Å². The van der Waals surface area contributed by atoms with E-state index in [4.69, 9.17) is 4.74 Å². The van der Waals surface area contributed by atoms with Crippen molar-refractivity contribution in [3.8, 4) is 5.75 Å². The summed E-state index contributed by atoms with van der Waals surface area (Å²) in [6.07, 6.45) is 0.0548. The molecule has 27 heavy (non-hydrogen) atoms. The van der Waals surface area contributed by atoms with Crippen LogP contribution in [0.25, 0.3) is 0 Å². The predicted octanol–water partition coefficient (Wildman–Crippen LogP) is 2.95. The molecular weight excluding hydrogens is 369 g/mol. The van der Waals surface area contributed by atoms with E-state index in [1.165, 1.54) is 36.0 Å². The van der Waals surface area contributed by atoms with Crippen LogP contribution in [0.2, 0.25) is 0 Å². The molecule has 2 N–H and O–H groups in total. The van der Waals surface area contributed by atoms with Gasteiger partial charge in [-0.25, -0.2) is 4.39 Å². The zero-order valence-corrected chi connectivity index (χ0v) is 15.4. The molecule has 1 saturated heterocycles. The molecule has 0 aliphatic carbocycles. The summed E-state index contributed by atoms with van der Waals surface area (Å²) in [4.78, 5) is 28.7. The zero-order valence-electron chi connectivity index (χ0n) is 14.6. The fourth-order valence-electron chi connectivity index (χ4n) is 2.42. The normalized spacial score (nSPS) is 18.1. The quantitative estimate of drug-likeness (QED) is 0.827. The molecule has 8 heteroatoms. The van der Waals surface area contributed by atoms with Crippen LogP contribution in [-0.4, -0.2) is 29.3 Å². The maximum Gasteiger partial charge on any atom is 0.238 e. The Bertz CT molecular complexity index is 854. The van der Waals surface area contributed by atoms with Crippen LogP contribution < -0.4 is 15.4 Å². The van der Waals surface area contributed by atoms with E-state index in [0.717, 1.165) is 11.3 Å². The molecule has 6 nitrogen and oxygen atoms in total. The van der Waals surface area contributed by atoms with E-state index in [9.17, 15) is 14.0 Å². The van der Waals surface area contributed by atoms with Gasteiger partial charge in [0.05, 0.1) is 13.7 Å². The minimum atomic E-state index is -0.599. The Labute approximate surface area is 160 Å². The maximum absolute atomic E-state index is 13.0. The highest BCUT2D eigenvalue weighted by Crippen LogP contribution is 2.23. The van der Waals surface area contributed by atoms with Crippen molar-refractivity contribution in [3.63, 3.8) is 0 Å². The second-order valence-corrected chi connectivity index (χ2v) is 7.02. The first-order valence-corrected chi connectivity index (χ1v) is 9.12. The van der Waals surface area contributed by atoms with Crippen molar-refractivity contribution >= 4 is 34.4 Å². The zero-order chi connectivity index (χ0) is 19.2. The number of rotatable bonds is 5. The van der Waals surface area contributed by atoms with Crippen LogP contribution in [0.4, 0.5) is 10.1 Å². The van der Waals surface area contributed by atoms with Crippen LogP contribution in [0.5, 0.6) is 5.75 Å². The lowest BCUT2D eigenvalue weighted by Gasteiger charge is -2.22. The van der Waals surface area contributed by atoms with E-state index >= 15 is 0 Å². The molecule has 0 radical (unpaired) electrons. The first-order chi connectivity index (χ1) is 13.0. The first-order valence-electron chi connectivity index (χ1n) is 8.24. The average Bonchev–Trinajstić information content (AvgIpc) is 2.68. The van der Waals surface area contributed by atoms with Crippen molar-refractivity contribution < 1.29 is 18.7 Å². The fraction of sp³-hybridized carbons (Fsp3) is 0.211. The number of halogens is 1. The third kappa shape index (κ3) is 5.30. The van der Waals surface area contributed by atoms with Crippen molar-refractivity contribution in [3.05, 3.63) is 59.9 Å². The largest absolute Gasteiger partial charge is 0.497 e. The van der Waals surface area contributed by atoms with Crippen LogP contribution in [0.15, 0.2) is 53.5 Å². The standard InChI is InChI=1S/C19H18FN3O3S/c1-26-15-8-2-12(3-9-15)11-21-19-23-17(24)10-16(27-19)18(25)22-14-6-4-13(20)5-7-14/h2-9,16H,10-11H2,1H3,(H,22,25)(H,21,23,24)/t16-/m1/s1. The number of thioether (sulfide) groups is 1. The summed E-state index contributed by atoms with van der Waals surface area (Å²) in [6.45, 7) is 0.374. The molecule has 140 valence electrons. The highest BCUT2D eigenvalue weighted by atomic mass is 32.2. The average molecular weight is 387 g/mol. The lowest BCUT2D eigenvalue weighted by Crippen LogP contribution is -2.42. The van der Waals surface area contributed by atoms with Crippen molar-refractivity contribution in [2.24, 2.45) is 4.99 Å². The van der Waals surface area contributed by atoms with Gasteiger partial charge in [0.15, 0.2) is 5.17 Å². The van der Waals surface area contributed by atoms with E-state index in [0.29, 0.717) is 17.4 Å². The second kappa shape index (κ2) is 8.68. The summed E-state index contributed by atoms with van der Waals surface area (Å²) in [5.41, 5.74) is 1.43. The Hall–Kier alpha value is -2.87. The second-order valence-electron chi connectivity index (χ2n) is 5.82. The van der Waals surface area contributed by atoms with Gasteiger partial charge in [-0.05, 0) is 42.0 Å². The van der Waals surface area contributed by atoms with Gasteiger partial charge in [-0.1, -0.05) is 23.9 Å². The number of amidine groups is 1. The molecule has 1 heterocycles. The molecule has 1 fully saturated rings. The van der Waals surface area contributed by atoms with Gasteiger partial charge in [0.25, 0.3) is 0 Å². The molecule has 0 aromatic heterocycles. The molecule has 0 spiro atoms. The summed E-state index contributed by atoms with van der Waals surface area (Å²) in [6, 6.07) is 12.9. The number of anilines is 1. The number of methoxy groups -OCH3 is 1. The molecule has 0 bridgehead atoms. The summed E-state index contributed by atoms with van der Waals surface area (Å²) >= 11 is 1.20. The SMILES string of the molecule is COc1ccc(CN=C2NC(=O)C[C@H](C(=O)Nc3ccc(F)cc3)S2)cc1. The van der Waals surface area contributed by atoms with Gasteiger partial charge in [0.1, 0.15) is 16.8 Å². The lowest BCUT2D eigenvalue weighted by atomic mass is 10.2. The topological polar surface area (TPSA) is 79.8 Å². The number of hydrogen-bond acceptors (Lipinski definition) is 5. The Morgan fingerprint density at radius 2 is 1.96 bits per heavy atom. The van der Waals surface area contributed by atoms with Gasteiger partial charge in [-0.2, -0.15) is 0 Å². The van der Waals surface area contributed by atoms with Gasteiger partial charge < -0.3 is 15.4 Å². The van der Waals surface area contributed by atoms with Crippen LogP contribution in [0.3, 0.4) is 0 Å². The van der Waals surface area contributed by atoms with Gasteiger partial charge in [0, 0.05) is 12.1 Å². The first kappa shape index (κ1) is 18.9. The summed E-state index contributed by atoms with van der Waals surface area (Å²) in [5.74, 6) is -0.211. The number of carbonyl (C=O) groups is 2. The van der Waals surface area contributed by atoms with Crippen LogP contribution in [-0.2, 0) is 16.1 Å². The third-order valence-electron chi connectivity index (χ3n) is 3.84. The Morgan fingerprint density at radius 3 is 2.63 bits per heavy atom. The summed E-state index contributed by atoms with van der Waals surface area (Å²) in [5, 5.41) is 5.18. The summed E-state index contributed by atoms with van der Waals surface area (Å²) < 4.78 is 18.1. The van der Waals surface area contributed by atoms with Crippen molar-refractivity contribution in [2.45, 2.75) is 18.2 Å². The monoisotopic (exact) mass is 387 g/mol. The Kier molecular flexibility index (Phi) is 6.08. The van der Waals surface area contributed by atoms with Gasteiger partial charge in [0.2, 0.25) is 11.8 Å². The van der Waals surface area contributed by atoms with Crippen molar-refractivity contribution in [1.29, 1.82) is 0 Å². The summed E-state index contributed by atoms with van der Waals surface area (Å²) in [7, 11) is 1.60. The highest BCUT2D eigenvalue weighted by Gasteiger charge is 2.30. The lowest BCUT2D eigenvalue weighted by molar-refractivity contribution is -0.123. The number of hydrogen-bond donors (Lipinski definition) is 2. The van der Waals surface area contributed by atoms with Gasteiger partial charge in [-0.15, -0.1) is 0 Å². The van der Waals surface area contributed by atoms with E-state index in [-0.39, 0.29) is 24.1 Å². The number of aliphatic imine (C=N–C) groups is 1. The molecular formula is C19H18FN3O3S. The third-order valence-corrected chi connectivity index (χ3v) is 4.96. The number of amides is 2. The fourth-order valence-corrected chi connectivity index (χ4v) is 3.40. The van der Waals surface area contributed by atoms with E-state index in [1.807, 2.05) is 24.3 Å². The van der Waals surface area contributed by atoms with E-state index in [2.05, 4.69) is 15.6 Å². The number of nitrogens with zero attached hydrogens (tertiary/aromatic N) is 1. The maximum atomic E-state index is 13.0. The number of benzene rings is 2. The molecule has 1 aliphatic heterocycles. The van der Waals surface area contributed by atoms with Gasteiger partial charge >= 0.3 is 0 Å². The smallest absolute Gasteiger partial charge is 0.238 e. The minimum Gasteiger partial charge on any atom is -0.497 e. The van der Waals surface area contributed by atoms with Crippen LogP contribution >= 0.6 is 11.8 Å². The number of carbonyl (C=O) groups excluding carboxylic acids is 2. The number of ether oxygens (including phenoxy) is 1. The molecule has 2 aromatic rings. The van der Waals surface area contributed by atoms with Crippen molar-refractivity contribution in [2.75, 3.05) is 12.4 Å². The molecule has 1 atom stereocenters. The number of nitrogens with one attached hydrogen (secondary N) is 2. The highest BCUT2D eigenvalue weighted by molar-refractivity contribution is 8.15. The van der Waals surface area contributed by atoms with E-state index in [1.54, 1.807) is 7.11 Å². The molecule has 2 amide bonds. The minimum absolute atomic E-state index is 0.0548. The molecule has 0 saturated carbocycles. The molecule has 3 rings (SSSR count). The Morgan fingerprint density at radius 1 is 1.26 bits per heavy atom. The molecule has 0 unspecified atom stereocenters. The molecule has 1 aliphatic rings. The predicted molar refractivity (Wildman–Crippen MR) is 103 cm³/mol. The van der Waals surface area contributed by atoms with Crippen LogP contribution in [0, 0.1) is 5.82 Å². The van der Waals surface area contributed by atoms with Crippen LogP contribution in [0.1, 0.15) is 12.0 Å². The van der Waals surface area contributed by atoms with Crippen molar-refractivity contribution in [1.82, 2.24) is 5.32 Å². The van der Waals surface area contributed by atoms with Gasteiger partial charge in [-0.3, -0.25) is 14.6 Å². The molecule has 2 aromatic carbocycles.